The Morgan fingerprint density at radius 3 is 2.89 bits per heavy atom. The van der Waals surface area contributed by atoms with Crippen LogP contribution in [-0.4, -0.2) is 44.0 Å². The van der Waals surface area contributed by atoms with Gasteiger partial charge in [0.05, 0.1) is 11.4 Å². The van der Waals surface area contributed by atoms with Crippen LogP contribution >= 0.6 is 0 Å². The van der Waals surface area contributed by atoms with Crippen LogP contribution in [0.25, 0.3) is 27.8 Å². The van der Waals surface area contributed by atoms with Crippen LogP contribution in [0.3, 0.4) is 0 Å². The summed E-state index contributed by atoms with van der Waals surface area (Å²) < 4.78 is 9.33. The number of benzene rings is 1. The van der Waals surface area contributed by atoms with Crippen LogP contribution in [0, 0.1) is 0 Å². The minimum absolute atomic E-state index is 0.0855. The highest BCUT2D eigenvalue weighted by atomic mass is 16.4. The number of para-hydroxylation sites is 2. The van der Waals surface area contributed by atoms with E-state index in [0.29, 0.717) is 41.5 Å². The summed E-state index contributed by atoms with van der Waals surface area (Å²) in [6.45, 7) is 3.93. The molecule has 1 saturated heterocycles. The largest absolute Gasteiger partial charge is 0.423 e. The number of aromatic nitrogens is 4. The van der Waals surface area contributed by atoms with Crippen molar-refractivity contribution in [2.24, 2.45) is 0 Å². The first-order valence-corrected chi connectivity index (χ1v) is 12.0. The van der Waals surface area contributed by atoms with Crippen LogP contribution in [0.1, 0.15) is 36.7 Å². The molecule has 1 atom stereocenters. The molecule has 4 aromatic heterocycles. The van der Waals surface area contributed by atoms with Crippen LogP contribution in [0.4, 0.5) is 6.01 Å². The minimum atomic E-state index is -0.214. The lowest BCUT2D eigenvalue weighted by Gasteiger charge is -2.23. The molecule has 0 saturated carbocycles. The maximum absolute atomic E-state index is 13.3. The van der Waals surface area contributed by atoms with Crippen molar-refractivity contribution in [3.8, 4) is 0 Å². The third-order valence-electron chi connectivity index (χ3n) is 6.66. The van der Waals surface area contributed by atoms with Gasteiger partial charge in [0.2, 0.25) is 0 Å². The first-order valence-electron chi connectivity index (χ1n) is 12.0. The van der Waals surface area contributed by atoms with Crippen molar-refractivity contribution >= 4 is 39.7 Å². The normalized spacial score (nSPS) is 16.0. The second-order valence-electron chi connectivity index (χ2n) is 8.93. The van der Waals surface area contributed by atoms with E-state index >= 15 is 0 Å². The minimum Gasteiger partial charge on any atom is -0.423 e. The van der Waals surface area contributed by atoms with Gasteiger partial charge in [0.15, 0.2) is 5.58 Å². The monoisotopic (exact) mass is 470 g/mol. The topological polar surface area (TPSA) is 97.7 Å². The number of fused-ring (bicyclic) bond motifs is 3. The van der Waals surface area contributed by atoms with E-state index in [1.165, 1.54) is 4.40 Å². The summed E-state index contributed by atoms with van der Waals surface area (Å²) in [7, 11) is 0. The third-order valence-corrected chi connectivity index (χ3v) is 6.66. The van der Waals surface area contributed by atoms with Crippen molar-refractivity contribution in [1.29, 1.82) is 0 Å². The molecule has 1 aromatic carbocycles. The highest BCUT2D eigenvalue weighted by molar-refractivity contribution is 5.98. The lowest BCUT2D eigenvalue weighted by Crippen LogP contribution is -2.40. The summed E-state index contributed by atoms with van der Waals surface area (Å²) in [5, 5.41) is 3.53. The molecular weight excluding hydrogens is 444 g/mol. The lowest BCUT2D eigenvalue weighted by molar-refractivity contribution is 0.0942. The highest BCUT2D eigenvalue weighted by Crippen LogP contribution is 2.28. The maximum atomic E-state index is 13.3. The molecule has 0 aliphatic carbocycles. The average Bonchev–Trinajstić information content (AvgIpc) is 3.60. The molecule has 35 heavy (non-hydrogen) atoms. The van der Waals surface area contributed by atoms with E-state index in [2.05, 4.69) is 20.2 Å². The molecule has 0 spiro atoms. The molecule has 1 aliphatic heterocycles. The van der Waals surface area contributed by atoms with Crippen LogP contribution in [0.15, 0.2) is 63.9 Å². The number of hydrogen-bond acceptors (Lipinski definition) is 6. The average molecular weight is 471 g/mol. The van der Waals surface area contributed by atoms with Gasteiger partial charge in [-0.2, -0.15) is 4.98 Å². The fourth-order valence-corrected chi connectivity index (χ4v) is 4.97. The fraction of sp³-hybridized carbons (Fsp3) is 0.308. The first-order chi connectivity index (χ1) is 17.1. The van der Waals surface area contributed by atoms with Crippen molar-refractivity contribution in [3.05, 3.63) is 70.8 Å². The second kappa shape index (κ2) is 8.57. The van der Waals surface area contributed by atoms with Crippen LogP contribution in [0.5, 0.6) is 0 Å². The molecule has 0 bridgehead atoms. The lowest BCUT2D eigenvalue weighted by atomic mass is 10.2. The number of amides is 1. The summed E-state index contributed by atoms with van der Waals surface area (Å²) >= 11 is 0. The number of anilines is 1. The Morgan fingerprint density at radius 1 is 1.17 bits per heavy atom. The number of aryl methyl sites for hydroxylation is 1. The number of hydrogen-bond donors (Lipinski definition) is 1. The molecule has 0 radical (unpaired) electrons. The number of nitrogens with one attached hydrogen (secondary N) is 1. The van der Waals surface area contributed by atoms with Crippen molar-refractivity contribution in [1.82, 2.24) is 24.3 Å². The third kappa shape index (κ3) is 3.63. The van der Waals surface area contributed by atoms with E-state index in [1.807, 2.05) is 41.8 Å². The molecule has 9 heteroatoms. The van der Waals surface area contributed by atoms with Gasteiger partial charge in [-0.05, 0) is 49.6 Å². The van der Waals surface area contributed by atoms with E-state index in [9.17, 15) is 9.59 Å². The van der Waals surface area contributed by atoms with Crippen molar-refractivity contribution in [2.75, 3.05) is 18.0 Å². The summed E-state index contributed by atoms with van der Waals surface area (Å²) in [6, 6.07) is 15.5. The molecule has 6 rings (SSSR count). The molecule has 9 nitrogen and oxygen atoms in total. The van der Waals surface area contributed by atoms with Gasteiger partial charge >= 0.3 is 0 Å². The summed E-state index contributed by atoms with van der Waals surface area (Å²) in [5.74, 6) is -0.214. The number of carbonyl (C=O) groups is 1. The molecular formula is C26H26N6O3. The number of pyridine rings is 1. The summed E-state index contributed by atoms with van der Waals surface area (Å²) in [4.78, 5) is 37.9. The molecule has 178 valence electrons. The van der Waals surface area contributed by atoms with Gasteiger partial charge in [-0.1, -0.05) is 25.1 Å². The SMILES string of the molecule is CCCn1c(C(=O)NCC2CCCN2c2nc3ccccc3o2)cc2c(=O)n3ccccc3nc21. The molecule has 5 aromatic rings. The van der Waals surface area contributed by atoms with E-state index in [-0.39, 0.29) is 17.5 Å². The van der Waals surface area contributed by atoms with Gasteiger partial charge in [0, 0.05) is 25.8 Å². The Labute approximate surface area is 201 Å². The first kappa shape index (κ1) is 21.4. The maximum Gasteiger partial charge on any atom is 0.298 e. The number of rotatable bonds is 6. The Morgan fingerprint density at radius 2 is 2.03 bits per heavy atom. The standard InChI is InChI=1S/C26H26N6O3/c1-2-12-31-20(15-18-23(31)29-22-11-5-6-13-32(22)25(18)34)24(33)27-16-17-8-7-14-30(17)26-28-19-9-3-4-10-21(19)35-26/h3-6,9-11,13,15,17H,2,7-8,12,14,16H2,1H3,(H,27,33). The predicted octanol–water partition coefficient (Wildman–Crippen LogP) is 3.60. The quantitative estimate of drug-likeness (QED) is 0.407. The molecule has 1 N–H and O–H groups in total. The smallest absolute Gasteiger partial charge is 0.298 e. The molecule has 1 aliphatic rings. The van der Waals surface area contributed by atoms with Gasteiger partial charge in [-0.15, -0.1) is 0 Å². The van der Waals surface area contributed by atoms with E-state index in [0.717, 1.165) is 36.9 Å². The van der Waals surface area contributed by atoms with Crippen LogP contribution in [0.2, 0.25) is 0 Å². The van der Waals surface area contributed by atoms with E-state index < -0.39 is 0 Å². The van der Waals surface area contributed by atoms with Gasteiger partial charge in [0.1, 0.15) is 22.5 Å². The fourth-order valence-electron chi connectivity index (χ4n) is 4.97. The molecule has 1 fully saturated rings. The zero-order valence-corrected chi connectivity index (χ0v) is 19.5. The van der Waals surface area contributed by atoms with Gasteiger partial charge in [0.25, 0.3) is 17.5 Å². The van der Waals surface area contributed by atoms with Gasteiger partial charge in [-0.3, -0.25) is 14.0 Å². The Balaban J connectivity index is 1.28. The number of nitrogens with zero attached hydrogens (tertiary/aromatic N) is 5. The van der Waals surface area contributed by atoms with Gasteiger partial charge < -0.3 is 19.2 Å². The van der Waals surface area contributed by atoms with Gasteiger partial charge in [-0.25, -0.2) is 4.98 Å². The Kier molecular flexibility index (Phi) is 5.24. The second-order valence-corrected chi connectivity index (χ2v) is 8.93. The van der Waals surface area contributed by atoms with Crippen LogP contribution < -0.4 is 15.8 Å². The summed E-state index contributed by atoms with van der Waals surface area (Å²) in [5.41, 5.74) is 2.97. The zero-order chi connectivity index (χ0) is 23.9. The summed E-state index contributed by atoms with van der Waals surface area (Å²) in [6.07, 6.45) is 4.45. The highest BCUT2D eigenvalue weighted by Gasteiger charge is 2.29. The van der Waals surface area contributed by atoms with Crippen molar-refractivity contribution in [2.45, 2.75) is 38.8 Å². The molecule has 5 heterocycles. The van der Waals surface area contributed by atoms with Crippen LogP contribution in [-0.2, 0) is 6.54 Å². The van der Waals surface area contributed by atoms with Crippen molar-refractivity contribution in [3.63, 3.8) is 0 Å². The number of carbonyl (C=O) groups excluding carboxylic acids is 1. The zero-order valence-electron chi connectivity index (χ0n) is 19.5. The van der Waals surface area contributed by atoms with E-state index in [4.69, 9.17) is 4.42 Å². The number of oxazole rings is 1. The Hall–Kier alpha value is -4.14. The Bertz CT molecular complexity index is 1580. The molecule has 1 amide bonds. The molecule has 1 unspecified atom stereocenters. The predicted molar refractivity (Wildman–Crippen MR) is 134 cm³/mol. The van der Waals surface area contributed by atoms with E-state index in [1.54, 1.807) is 24.4 Å². The van der Waals surface area contributed by atoms with Crippen molar-refractivity contribution < 1.29 is 9.21 Å².